The average molecular weight is 860 g/mol. The Morgan fingerprint density at radius 3 is 2.19 bits per heavy atom. The number of fused-ring (bicyclic) bond motifs is 5. The van der Waals surface area contributed by atoms with Crippen molar-refractivity contribution in [2.45, 2.75) is 64.1 Å². The third-order valence-electron chi connectivity index (χ3n) is 11.0. The van der Waals surface area contributed by atoms with E-state index < -0.39 is 79.6 Å². The number of aromatic nitrogens is 3. The van der Waals surface area contributed by atoms with Crippen LogP contribution in [-0.2, 0) is 19.3 Å². The van der Waals surface area contributed by atoms with Gasteiger partial charge in [-0.25, -0.2) is 19.2 Å². The number of alkyl halides is 3. The van der Waals surface area contributed by atoms with Gasteiger partial charge in [0.2, 0.25) is 5.28 Å². The standard InChI is InChI=1S/C41H40Cl2F4N6O6/c1-20-15-28(52(17-22-5-11-26(57-3)12-6-22)18-23-7-13-27(58-4)14-8-23)49-35(31(20)41(45,46)47)29-32(42)37(30-36(33(29)44)50-39(43)51-38(30)54)59-21(2)34-24-9-10-25(16-48-34)53(19-24)40(55)56/h5-8,11-15,21,24-25,34,48H,9-10,16-19H2,1-4H3,(H,55,56)(H,50,51,54)/t21?,24-,25-,34-/m1/s1. The minimum absolute atomic E-state index is 0.0573. The number of nitrogens with zero attached hydrogens (tertiary/aromatic N) is 4. The van der Waals surface area contributed by atoms with E-state index in [-0.39, 0.29) is 43.0 Å². The summed E-state index contributed by atoms with van der Waals surface area (Å²) >= 11 is 13.1. The predicted octanol–water partition coefficient (Wildman–Crippen LogP) is 8.48. The molecule has 3 saturated heterocycles. The Morgan fingerprint density at radius 2 is 1.63 bits per heavy atom. The molecule has 3 aliphatic rings. The van der Waals surface area contributed by atoms with Gasteiger partial charge in [-0.2, -0.15) is 13.2 Å². The summed E-state index contributed by atoms with van der Waals surface area (Å²) in [4.78, 5) is 39.4. The molecule has 0 radical (unpaired) electrons. The van der Waals surface area contributed by atoms with Crippen LogP contribution in [0.25, 0.3) is 22.2 Å². The second-order valence-corrected chi connectivity index (χ2v) is 15.4. The molecule has 3 fully saturated rings. The number of ether oxygens (including phenoxy) is 3. The van der Waals surface area contributed by atoms with Crippen LogP contribution in [0.5, 0.6) is 17.2 Å². The zero-order valence-corrected chi connectivity index (χ0v) is 33.8. The zero-order valence-electron chi connectivity index (χ0n) is 32.3. The number of carbonyl (C=O) groups is 1. The fourth-order valence-corrected chi connectivity index (χ4v) is 8.57. The van der Waals surface area contributed by atoms with Crippen LogP contribution in [0.2, 0.25) is 10.3 Å². The Hall–Kier alpha value is -5.32. The Balaban J connectivity index is 1.40. The maximum absolute atomic E-state index is 17.1. The molecule has 1 unspecified atom stereocenters. The SMILES string of the molecule is COc1ccc(CN(Cc2ccc(OC)cc2)c2cc(C)c(C(F)(F)F)c(-c3c(Cl)c(OC(C)[C@H]4NC[C@H]5CC[C@@H]4CN5C(=O)O)c4c(=O)[nH]c(Cl)nc4c3F)n2)cc1. The lowest BCUT2D eigenvalue weighted by Crippen LogP contribution is -2.48. The van der Waals surface area contributed by atoms with Crippen molar-refractivity contribution in [3.8, 4) is 28.5 Å². The van der Waals surface area contributed by atoms with E-state index in [4.69, 9.17) is 37.4 Å². The first-order chi connectivity index (χ1) is 28.1. The van der Waals surface area contributed by atoms with Gasteiger partial charge in [0.25, 0.3) is 5.56 Å². The van der Waals surface area contributed by atoms with Crippen LogP contribution >= 0.6 is 23.2 Å². The lowest BCUT2D eigenvalue weighted by Gasteiger charge is -2.36. The van der Waals surface area contributed by atoms with Crippen LogP contribution in [0.15, 0.2) is 59.4 Å². The van der Waals surface area contributed by atoms with Crippen molar-refractivity contribution in [1.29, 1.82) is 0 Å². The molecular weight excluding hydrogens is 819 g/mol. The largest absolute Gasteiger partial charge is 0.497 e. The number of halogens is 6. The molecule has 2 bridgehead atoms. The maximum Gasteiger partial charge on any atom is 0.418 e. The number of nitrogens with one attached hydrogen (secondary N) is 2. The summed E-state index contributed by atoms with van der Waals surface area (Å²) < 4.78 is 79.7. The molecule has 1 amide bonds. The fraction of sp³-hybridized carbons (Fsp3) is 0.366. The smallest absolute Gasteiger partial charge is 0.418 e. The number of carboxylic acid groups (broad SMARTS) is 1. The van der Waals surface area contributed by atoms with Gasteiger partial charge < -0.3 is 34.4 Å². The van der Waals surface area contributed by atoms with Gasteiger partial charge >= 0.3 is 12.3 Å². The molecule has 59 heavy (non-hydrogen) atoms. The lowest BCUT2D eigenvalue weighted by molar-refractivity contribution is -0.137. The number of aromatic amines is 1. The van der Waals surface area contributed by atoms with Gasteiger partial charge in [-0.1, -0.05) is 35.9 Å². The van der Waals surface area contributed by atoms with Gasteiger partial charge in [-0.05, 0) is 91.2 Å². The van der Waals surface area contributed by atoms with Crippen molar-refractivity contribution in [2.75, 3.05) is 32.2 Å². The molecule has 0 spiro atoms. The second kappa shape index (κ2) is 16.7. The number of piperidine rings is 1. The van der Waals surface area contributed by atoms with E-state index in [1.54, 1.807) is 36.1 Å². The van der Waals surface area contributed by atoms with Crippen molar-refractivity contribution in [3.05, 3.63) is 103 Å². The Kier molecular flexibility index (Phi) is 11.9. The van der Waals surface area contributed by atoms with Crippen molar-refractivity contribution < 1.29 is 41.7 Å². The van der Waals surface area contributed by atoms with Crippen LogP contribution in [0.4, 0.5) is 28.2 Å². The second-order valence-electron chi connectivity index (χ2n) is 14.7. The number of benzene rings is 3. The lowest BCUT2D eigenvalue weighted by atomic mass is 9.88. The summed E-state index contributed by atoms with van der Waals surface area (Å²) in [7, 11) is 3.06. The van der Waals surface area contributed by atoms with Crippen molar-refractivity contribution in [1.82, 2.24) is 25.2 Å². The molecule has 18 heteroatoms. The van der Waals surface area contributed by atoms with Crippen LogP contribution in [0.3, 0.4) is 0 Å². The number of rotatable bonds is 11. The summed E-state index contributed by atoms with van der Waals surface area (Å²) in [6.07, 6.45) is -5.70. The van der Waals surface area contributed by atoms with E-state index in [2.05, 4.69) is 20.3 Å². The first-order valence-electron chi connectivity index (χ1n) is 18.7. The zero-order chi connectivity index (χ0) is 42.3. The van der Waals surface area contributed by atoms with Crippen LogP contribution < -0.4 is 30.0 Å². The number of H-pyrrole nitrogens is 1. The average Bonchev–Trinajstić information content (AvgIpc) is 3.52. The number of aryl methyl sites for hydroxylation is 1. The molecule has 0 saturated carbocycles. The molecule has 2 aromatic heterocycles. The normalized spacial score (nSPS) is 18.4. The monoisotopic (exact) mass is 858 g/mol. The molecule has 8 rings (SSSR count). The van der Waals surface area contributed by atoms with Gasteiger partial charge in [-0.15, -0.1) is 0 Å². The highest BCUT2D eigenvalue weighted by atomic mass is 35.5. The van der Waals surface area contributed by atoms with Gasteiger partial charge in [0.1, 0.15) is 34.3 Å². The number of pyridine rings is 1. The van der Waals surface area contributed by atoms with Crippen LogP contribution in [-0.4, -0.2) is 76.5 Å². The van der Waals surface area contributed by atoms with Crippen LogP contribution in [0.1, 0.15) is 42.0 Å². The van der Waals surface area contributed by atoms with Crippen molar-refractivity contribution >= 4 is 46.0 Å². The molecular formula is C41H40Cl2F4N6O6. The maximum atomic E-state index is 17.1. The minimum Gasteiger partial charge on any atom is -0.497 e. The number of hydrogen-bond donors (Lipinski definition) is 3. The summed E-state index contributed by atoms with van der Waals surface area (Å²) in [5.74, 6) is -0.762. The first-order valence-corrected chi connectivity index (χ1v) is 19.4. The summed E-state index contributed by atoms with van der Waals surface area (Å²) in [5.41, 5.74) is -3.29. The highest BCUT2D eigenvalue weighted by Crippen LogP contribution is 2.48. The van der Waals surface area contributed by atoms with E-state index in [0.29, 0.717) is 30.9 Å². The van der Waals surface area contributed by atoms with Crippen molar-refractivity contribution in [3.63, 3.8) is 0 Å². The third kappa shape index (κ3) is 8.43. The number of amides is 1. The molecule has 12 nitrogen and oxygen atoms in total. The van der Waals surface area contributed by atoms with Gasteiger partial charge in [0, 0.05) is 38.3 Å². The number of methoxy groups -OCH3 is 2. The third-order valence-corrected chi connectivity index (χ3v) is 11.5. The topological polar surface area (TPSA) is 142 Å². The summed E-state index contributed by atoms with van der Waals surface area (Å²) in [6.45, 7) is 3.75. The van der Waals surface area contributed by atoms with E-state index in [0.717, 1.165) is 11.1 Å². The first kappa shape index (κ1) is 41.8. The predicted molar refractivity (Wildman–Crippen MR) is 214 cm³/mol. The van der Waals surface area contributed by atoms with Crippen molar-refractivity contribution in [2.24, 2.45) is 5.92 Å². The number of anilines is 1. The molecule has 3 aromatic carbocycles. The van der Waals surface area contributed by atoms with E-state index in [9.17, 15) is 14.7 Å². The molecule has 312 valence electrons. The molecule has 3 N–H and O–H groups in total. The Labute approximate surface area is 346 Å². The highest BCUT2D eigenvalue weighted by Gasteiger charge is 2.43. The molecule has 0 aliphatic carbocycles. The van der Waals surface area contributed by atoms with E-state index in [1.807, 2.05) is 24.3 Å². The summed E-state index contributed by atoms with van der Waals surface area (Å²) in [6, 6.07) is 14.8. The molecule has 5 heterocycles. The number of hydrogen-bond acceptors (Lipinski definition) is 9. The quantitative estimate of drug-likeness (QED) is 0.0875. The molecule has 3 aliphatic heterocycles. The fourth-order valence-electron chi connectivity index (χ4n) is 8.09. The van der Waals surface area contributed by atoms with E-state index in [1.165, 1.54) is 32.1 Å². The van der Waals surface area contributed by atoms with E-state index >= 15 is 17.6 Å². The highest BCUT2D eigenvalue weighted by molar-refractivity contribution is 6.36. The van der Waals surface area contributed by atoms with Gasteiger partial charge in [-0.3, -0.25) is 9.78 Å². The Morgan fingerprint density at radius 1 is 1.02 bits per heavy atom. The minimum atomic E-state index is -5.06. The van der Waals surface area contributed by atoms with Gasteiger partial charge in [0.15, 0.2) is 11.6 Å². The summed E-state index contributed by atoms with van der Waals surface area (Å²) in [5, 5.41) is 11.5. The molecule has 4 atom stereocenters. The molecule has 5 aromatic rings. The Bertz CT molecular complexity index is 2390. The van der Waals surface area contributed by atoms with Crippen LogP contribution in [0, 0.1) is 18.7 Å². The van der Waals surface area contributed by atoms with Gasteiger partial charge in [0.05, 0.1) is 36.1 Å².